The predicted molar refractivity (Wildman–Crippen MR) is 130 cm³/mol. The zero-order valence-electron chi connectivity index (χ0n) is 20.0. The maximum Gasteiger partial charge on any atom is 0.244 e. The summed E-state index contributed by atoms with van der Waals surface area (Å²) in [7, 11) is -3.82. The first-order chi connectivity index (χ1) is 16.1. The molecule has 0 aliphatic carbocycles. The third-order valence-electron chi connectivity index (χ3n) is 5.10. The molecule has 0 aliphatic rings. The largest absolute Gasteiger partial charge is 0.494 e. The average Bonchev–Trinajstić information content (AvgIpc) is 2.80. The lowest BCUT2D eigenvalue weighted by molar-refractivity contribution is -0.139. The number of rotatable bonds is 12. The van der Waals surface area contributed by atoms with E-state index in [9.17, 15) is 22.4 Å². The van der Waals surface area contributed by atoms with Crippen LogP contribution in [0.3, 0.4) is 0 Å². The first-order valence-corrected chi connectivity index (χ1v) is 12.9. The lowest BCUT2D eigenvalue weighted by atomic mass is 10.1. The lowest BCUT2D eigenvalue weighted by Gasteiger charge is -2.31. The Balaban J connectivity index is 2.33. The fourth-order valence-electron chi connectivity index (χ4n) is 3.25. The van der Waals surface area contributed by atoms with Crippen molar-refractivity contribution in [3.63, 3.8) is 0 Å². The molecule has 0 spiro atoms. The van der Waals surface area contributed by atoms with Crippen molar-refractivity contribution in [2.45, 2.75) is 39.8 Å². The van der Waals surface area contributed by atoms with Gasteiger partial charge in [0.1, 0.15) is 24.2 Å². The molecule has 186 valence electrons. The van der Waals surface area contributed by atoms with Crippen molar-refractivity contribution in [3.05, 3.63) is 59.9 Å². The summed E-state index contributed by atoms with van der Waals surface area (Å²) in [5.74, 6) is -0.772. The quantitative estimate of drug-likeness (QED) is 0.491. The molecular formula is C24H32FN3O5S. The van der Waals surface area contributed by atoms with Gasteiger partial charge in [-0.1, -0.05) is 19.1 Å². The van der Waals surface area contributed by atoms with Crippen molar-refractivity contribution >= 4 is 27.5 Å². The van der Waals surface area contributed by atoms with Gasteiger partial charge >= 0.3 is 0 Å². The first-order valence-electron chi connectivity index (χ1n) is 11.1. The van der Waals surface area contributed by atoms with E-state index in [1.54, 1.807) is 31.2 Å². The Labute approximate surface area is 200 Å². The molecule has 0 saturated carbocycles. The molecule has 0 unspecified atom stereocenters. The van der Waals surface area contributed by atoms with Crippen molar-refractivity contribution in [3.8, 4) is 5.75 Å². The molecule has 2 amide bonds. The van der Waals surface area contributed by atoms with Crippen LogP contribution in [0.1, 0.15) is 32.8 Å². The molecule has 0 aromatic heterocycles. The average molecular weight is 494 g/mol. The second-order valence-corrected chi connectivity index (χ2v) is 9.72. The number of nitrogens with one attached hydrogen (secondary N) is 1. The van der Waals surface area contributed by atoms with Gasteiger partial charge in [0.2, 0.25) is 21.8 Å². The zero-order chi connectivity index (χ0) is 25.3. The molecule has 1 atom stereocenters. The maximum absolute atomic E-state index is 13.4. The summed E-state index contributed by atoms with van der Waals surface area (Å²) in [5.41, 5.74) is 0.904. The number of hydrogen-bond acceptors (Lipinski definition) is 5. The van der Waals surface area contributed by atoms with Gasteiger partial charge in [-0.05, 0) is 62.2 Å². The van der Waals surface area contributed by atoms with Crippen LogP contribution in [0.15, 0.2) is 48.5 Å². The fourth-order valence-corrected chi connectivity index (χ4v) is 4.10. The lowest BCUT2D eigenvalue weighted by Crippen LogP contribution is -2.51. The van der Waals surface area contributed by atoms with Crippen LogP contribution in [-0.2, 0) is 26.2 Å². The molecule has 10 heteroatoms. The number of sulfonamides is 1. The number of amides is 2. The minimum absolute atomic E-state index is 0.0146. The minimum Gasteiger partial charge on any atom is -0.494 e. The summed E-state index contributed by atoms with van der Waals surface area (Å²) >= 11 is 0. The monoisotopic (exact) mass is 493 g/mol. The molecule has 2 aromatic carbocycles. The number of halogens is 1. The van der Waals surface area contributed by atoms with Crippen LogP contribution in [0.5, 0.6) is 5.75 Å². The summed E-state index contributed by atoms with van der Waals surface area (Å²) in [6, 6.07) is 11.1. The third kappa shape index (κ3) is 7.72. The van der Waals surface area contributed by atoms with Gasteiger partial charge < -0.3 is 15.0 Å². The highest BCUT2D eigenvalue weighted by molar-refractivity contribution is 7.92. The number of benzene rings is 2. The number of hydrogen-bond donors (Lipinski definition) is 1. The van der Waals surface area contributed by atoms with Crippen LogP contribution in [-0.4, -0.2) is 57.1 Å². The highest BCUT2D eigenvalue weighted by atomic mass is 32.2. The Hall–Kier alpha value is -3.14. The zero-order valence-corrected chi connectivity index (χ0v) is 20.8. The van der Waals surface area contributed by atoms with Gasteiger partial charge in [0.05, 0.1) is 18.6 Å². The second kappa shape index (κ2) is 12.4. The summed E-state index contributed by atoms with van der Waals surface area (Å²) in [4.78, 5) is 27.3. The smallest absolute Gasteiger partial charge is 0.244 e. The van der Waals surface area contributed by atoms with Gasteiger partial charge in [-0.3, -0.25) is 13.9 Å². The van der Waals surface area contributed by atoms with Gasteiger partial charge in [-0.15, -0.1) is 0 Å². The van der Waals surface area contributed by atoms with Crippen LogP contribution in [0.2, 0.25) is 0 Å². The second-order valence-electron chi connectivity index (χ2n) is 7.81. The van der Waals surface area contributed by atoms with Crippen molar-refractivity contribution < 1.29 is 27.1 Å². The Morgan fingerprint density at radius 2 is 1.68 bits per heavy atom. The van der Waals surface area contributed by atoms with Gasteiger partial charge in [0, 0.05) is 13.1 Å². The molecule has 0 fully saturated rings. The molecule has 0 saturated heterocycles. The van der Waals surface area contributed by atoms with Gasteiger partial charge in [0.25, 0.3) is 0 Å². The van der Waals surface area contributed by atoms with Crippen molar-refractivity contribution in [1.29, 1.82) is 0 Å². The topological polar surface area (TPSA) is 96.0 Å². The molecule has 0 aliphatic heterocycles. The summed E-state index contributed by atoms with van der Waals surface area (Å²) < 4.78 is 44.8. The van der Waals surface area contributed by atoms with E-state index in [0.717, 1.165) is 17.0 Å². The Morgan fingerprint density at radius 1 is 1.06 bits per heavy atom. The van der Waals surface area contributed by atoms with Crippen LogP contribution in [0.4, 0.5) is 10.1 Å². The third-order valence-corrected chi connectivity index (χ3v) is 6.24. The standard InChI is InChI=1S/C24H32FN3O5S/c1-5-15-26-24(30)18(3)27(16-19-7-9-20(25)10-8-19)23(29)17-28(34(4,31)32)21-11-13-22(14-12-21)33-6-2/h7-14,18H,5-6,15-17H2,1-4H3,(H,26,30)/t18-/m0/s1. The first kappa shape index (κ1) is 27.1. The number of ether oxygens (including phenoxy) is 1. The number of carbonyl (C=O) groups excluding carboxylic acids is 2. The van der Waals surface area contributed by atoms with Crippen molar-refractivity contribution in [1.82, 2.24) is 10.2 Å². The predicted octanol–water partition coefficient (Wildman–Crippen LogP) is 2.93. The fraction of sp³-hybridized carbons (Fsp3) is 0.417. The van der Waals surface area contributed by atoms with E-state index in [2.05, 4.69) is 5.32 Å². The van der Waals surface area contributed by atoms with Crippen molar-refractivity contribution in [2.24, 2.45) is 0 Å². The molecular weight excluding hydrogens is 461 g/mol. The molecule has 0 heterocycles. The van der Waals surface area contributed by atoms with Crippen molar-refractivity contribution in [2.75, 3.05) is 30.3 Å². The van der Waals surface area contributed by atoms with E-state index in [0.29, 0.717) is 30.2 Å². The molecule has 0 bridgehead atoms. The van der Waals surface area contributed by atoms with Crippen LogP contribution in [0, 0.1) is 5.82 Å². The Bertz CT molecular complexity index is 1060. The van der Waals surface area contributed by atoms with Crippen LogP contribution < -0.4 is 14.4 Å². The van der Waals surface area contributed by atoms with E-state index in [4.69, 9.17) is 4.74 Å². The van der Waals surface area contributed by atoms with Crippen LogP contribution >= 0.6 is 0 Å². The summed E-state index contributed by atoms with van der Waals surface area (Å²) in [6.45, 7) is 5.75. The number of anilines is 1. The Kier molecular flexibility index (Phi) is 9.85. The van der Waals surface area contributed by atoms with Crippen LogP contribution in [0.25, 0.3) is 0 Å². The number of nitrogens with zero attached hydrogens (tertiary/aromatic N) is 2. The highest BCUT2D eigenvalue weighted by Crippen LogP contribution is 2.22. The van der Waals surface area contributed by atoms with E-state index in [-0.39, 0.29) is 12.5 Å². The highest BCUT2D eigenvalue weighted by Gasteiger charge is 2.30. The van der Waals surface area contributed by atoms with E-state index >= 15 is 0 Å². The molecule has 2 rings (SSSR count). The Morgan fingerprint density at radius 3 is 2.21 bits per heavy atom. The molecule has 8 nitrogen and oxygen atoms in total. The summed E-state index contributed by atoms with van der Waals surface area (Å²) in [6.07, 6.45) is 1.74. The normalized spacial score (nSPS) is 12.0. The van der Waals surface area contributed by atoms with E-state index in [1.807, 2.05) is 13.8 Å². The number of carbonyl (C=O) groups is 2. The SMILES string of the molecule is CCCNC(=O)[C@H](C)N(Cc1ccc(F)cc1)C(=O)CN(c1ccc(OCC)cc1)S(C)(=O)=O. The van der Waals surface area contributed by atoms with Gasteiger partial charge in [0.15, 0.2) is 0 Å². The van der Waals surface area contributed by atoms with Gasteiger partial charge in [-0.2, -0.15) is 0 Å². The maximum atomic E-state index is 13.4. The van der Waals surface area contributed by atoms with E-state index in [1.165, 1.54) is 29.2 Å². The molecule has 34 heavy (non-hydrogen) atoms. The summed E-state index contributed by atoms with van der Waals surface area (Å²) in [5, 5.41) is 2.76. The molecule has 1 N–H and O–H groups in total. The molecule has 2 aromatic rings. The van der Waals surface area contributed by atoms with Gasteiger partial charge in [-0.25, -0.2) is 12.8 Å². The molecule has 0 radical (unpaired) electrons. The minimum atomic E-state index is -3.82. The van der Waals surface area contributed by atoms with E-state index < -0.39 is 34.3 Å².